The molecule has 11 rings (SSSR count). The first-order valence-electron chi connectivity index (χ1n) is 17.8. The van der Waals surface area contributed by atoms with E-state index in [0.29, 0.717) is 0 Å². The Bertz CT molecular complexity index is 3050. The number of furan rings is 1. The van der Waals surface area contributed by atoms with Crippen LogP contribution in [-0.4, -0.2) is 14.5 Å². The molecule has 9 aromatic carbocycles. The second-order valence-electron chi connectivity index (χ2n) is 13.5. The van der Waals surface area contributed by atoms with E-state index in [1.807, 2.05) is 6.07 Å². The number of hydrogen-bond acceptors (Lipinski definition) is 1. The van der Waals surface area contributed by atoms with Gasteiger partial charge in [0, 0.05) is 0 Å². The maximum absolute atomic E-state index is 6.03. The standard InChI is InChI=1S/C50H30OSe/c1-2-14-31(15-3-1)46-33-16-4-6-18-35(33)47(36-19-7-5-17-34(36)46)32-27-28-41-45(30-32)52-44-26-12-24-42(50(41)44)48-37-20-8-10-22-39(37)49(43-25-13-29-51-43)40-23-11-9-21-38(40)48/h1-30H. The Balaban J connectivity index is 1.19. The van der Waals surface area contributed by atoms with Crippen molar-refractivity contribution in [1.82, 2.24) is 0 Å². The molecule has 11 aromatic rings. The van der Waals surface area contributed by atoms with Crippen molar-refractivity contribution in [2.75, 3.05) is 0 Å². The molecule has 0 saturated carbocycles. The summed E-state index contributed by atoms with van der Waals surface area (Å²) in [5.74, 6) is 0.898. The van der Waals surface area contributed by atoms with Crippen LogP contribution in [0.1, 0.15) is 0 Å². The minimum atomic E-state index is 0.173. The number of hydrogen-bond donors (Lipinski definition) is 0. The molecule has 0 unspecified atom stereocenters. The fraction of sp³-hybridized carbons (Fsp3) is 0. The Kier molecular flexibility index (Phi) is 6.64. The van der Waals surface area contributed by atoms with Crippen molar-refractivity contribution in [3.8, 4) is 44.7 Å². The average molecular weight is 726 g/mol. The van der Waals surface area contributed by atoms with Gasteiger partial charge in [0.15, 0.2) is 0 Å². The molecule has 2 heteroatoms. The fourth-order valence-corrected chi connectivity index (χ4v) is 11.1. The van der Waals surface area contributed by atoms with Crippen LogP contribution in [-0.2, 0) is 0 Å². The van der Waals surface area contributed by atoms with Crippen molar-refractivity contribution in [2.45, 2.75) is 0 Å². The van der Waals surface area contributed by atoms with Gasteiger partial charge in [0.05, 0.1) is 0 Å². The normalized spacial score (nSPS) is 11.8. The zero-order valence-electron chi connectivity index (χ0n) is 28.1. The van der Waals surface area contributed by atoms with Crippen LogP contribution in [0, 0.1) is 0 Å². The Morgan fingerprint density at radius 2 is 0.846 bits per heavy atom. The molecule has 1 nitrogen and oxygen atoms in total. The van der Waals surface area contributed by atoms with Crippen LogP contribution in [0.2, 0.25) is 0 Å². The maximum atomic E-state index is 6.03. The van der Waals surface area contributed by atoms with Gasteiger partial charge in [-0.3, -0.25) is 0 Å². The molecule has 0 N–H and O–H groups in total. The van der Waals surface area contributed by atoms with Crippen LogP contribution in [0.5, 0.6) is 0 Å². The first-order valence-corrected chi connectivity index (χ1v) is 19.5. The van der Waals surface area contributed by atoms with E-state index in [4.69, 9.17) is 4.42 Å². The van der Waals surface area contributed by atoms with Crippen LogP contribution in [0.25, 0.3) is 107 Å². The van der Waals surface area contributed by atoms with Gasteiger partial charge >= 0.3 is 308 Å². The third-order valence-corrected chi connectivity index (χ3v) is 13.1. The third kappa shape index (κ3) is 4.36. The first kappa shape index (κ1) is 29.5. The van der Waals surface area contributed by atoms with Crippen molar-refractivity contribution in [2.24, 2.45) is 0 Å². The molecule has 2 heterocycles. The number of benzene rings is 9. The van der Waals surface area contributed by atoms with Gasteiger partial charge in [0.2, 0.25) is 0 Å². The van der Waals surface area contributed by atoms with Gasteiger partial charge in [-0.2, -0.15) is 0 Å². The second kappa shape index (κ2) is 11.7. The van der Waals surface area contributed by atoms with Gasteiger partial charge in [-0.1, -0.05) is 0 Å². The minimum absolute atomic E-state index is 0.173. The van der Waals surface area contributed by atoms with E-state index in [-0.39, 0.29) is 14.5 Å². The van der Waals surface area contributed by atoms with Gasteiger partial charge in [-0.15, -0.1) is 0 Å². The predicted molar refractivity (Wildman–Crippen MR) is 222 cm³/mol. The second-order valence-corrected chi connectivity index (χ2v) is 15.8. The molecule has 0 amide bonds. The average Bonchev–Trinajstić information content (AvgIpc) is 3.87. The van der Waals surface area contributed by atoms with E-state index in [0.717, 1.165) is 11.3 Å². The Morgan fingerprint density at radius 3 is 1.40 bits per heavy atom. The van der Waals surface area contributed by atoms with Gasteiger partial charge in [-0.25, -0.2) is 0 Å². The molecule has 0 aliphatic heterocycles. The molecule has 52 heavy (non-hydrogen) atoms. The van der Waals surface area contributed by atoms with E-state index in [1.54, 1.807) is 6.26 Å². The molecule has 0 saturated heterocycles. The molecule has 0 radical (unpaired) electrons. The van der Waals surface area contributed by atoms with Crippen molar-refractivity contribution >= 4 is 76.9 Å². The van der Waals surface area contributed by atoms with Crippen LogP contribution in [0.3, 0.4) is 0 Å². The van der Waals surface area contributed by atoms with Crippen LogP contribution in [0.4, 0.5) is 0 Å². The zero-order valence-corrected chi connectivity index (χ0v) is 29.9. The Hall–Kier alpha value is -6.18. The molecule has 242 valence electrons. The zero-order chi connectivity index (χ0) is 34.2. The molecule has 0 spiro atoms. The van der Waals surface area contributed by atoms with Gasteiger partial charge < -0.3 is 0 Å². The van der Waals surface area contributed by atoms with Gasteiger partial charge in [0.25, 0.3) is 0 Å². The summed E-state index contributed by atoms with van der Waals surface area (Å²) in [4.78, 5) is 0. The van der Waals surface area contributed by atoms with Gasteiger partial charge in [-0.05, 0) is 0 Å². The first-order chi connectivity index (χ1) is 25.8. The van der Waals surface area contributed by atoms with E-state index in [9.17, 15) is 0 Å². The number of rotatable bonds is 4. The van der Waals surface area contributed by atoms with E-state index < -0.39 is 0 Å². The summed E-state index contributed by atoms with van der Waals surface area (Å²) < 4.78 is 8.91. The van der Waals surface area contributed by atoms with Crippen LogP contribution >= 0.6 is 0 Å². The summed E-state index contributed by atoms with van der Waals surface area (Å²) in [6.07, 6.45) is 1.77. The van der Waals surface area contributed by atoms with Crippen LogP contribution < -0.4 is 0 Å². The SMILES string of the molecule is c1ccc(-c2c3ccccc3c(-c3ccc4c(c3)[se]c3cccc(-c5c6ccccc6c(-c6ccco6)c6ccccc56)c34)c3ccccc23)cc1. The van der Waals surface area contributed by atoms with E-state index in [2.05, 4.69) is 170 Å². The summed E-state index contributed by atoms with van der Waals surface area (Å²) in [5, 5.41) is 12.8. The summed E-state index contributed by atoms with van der Waals surface area (Å²) in [5.41, 5.74) is 8.88. The molecule has 0 aliphatic rings. The molecule has 0 fully saturated rings. The topological polar surface area (TPSA) is 13.1 Å². The fourth-order valence-electron chi connectivity index (χ4n) is 8.65. The van der Waals surface area contributed by atoms with Crippen LogP contribution in [0.15, 0.2) is 187 Å². The summed E-state index contributed by atoms with van der Waals surface area (Å²) in [6.45, 7) is 0. The van der Waals surface area contributed by atoms with Crippen molar-refractivity contribution in [1.29, 1.82) is 0 Å². The Morgan fingerprint density at radius 1 is 0.327 bits per heavy atom. The molecular weight excluding hydrogens is 696 g/mol. The summed E-state index contributed by atoms with van der Waals surface area (Å²) in [7, 11) is 0. The molecule has 2 aromatic heterocycles. The Labute approximate surface area is 306 Å². The predicted octanol–water partition coefficient (Wildman–Crippen LogP) is 13.9. The van der Waals surface area contributed by atoms with E-state index >= 15 is 0 Å². The number of fused-ring (bicyclic) bond motifs is 7. The molecule has 0 atom stereocenters. The summed E-state index contributed by atoms with van der Waals surface area (Å²) in [6, 6.07) is 64.7. The summed E-state index contributed by atoms with van der Waals surface area (Å²) >= 11 is 0.173. The third-order valence-electron chi connectivity index (χ3n) is 10.7. The van der Waals surface area contributed by atoms with Crippen molar-refractivity contribution < 1.29 is 4.42 Å². The van der Waals surface area contributed by atoms with Crippen molar-refractivity contribution in [3.05, 3.63) is 182 Å². The monoisotopic (exact) mass is 726 g/mol. The van der Waals surface area contributed by atoms with Crippen molar-refractivity contribution in [3.63, 3.8) is 0 Å². The molecular formula is C50H30OSe. The van der Waals surface area contributed by atoms with E-state index in [1.165, 1.54) is 95.8 Å². The quantitative estimate of drug-likeness (QED) is 0.130. The van der Waals surface area contributed by atoms with Gasteiger partial charge in [0.1, 0.15) is 0 Å². The molecule has 0 aliphatic carbocycles. The molecule has 0 bridgehead atoms.